The van der Waals surface area contributed by atoms with Crippen molar-refractivity contribution in [2.75, 3.05) is 6.61 Å². The van der Waals surface area contributed by atoms with E-state index < -0.39 is 0 Å². The van der Waals surface area contributed by atoms with Gasteiger partial charge in [-0.05, 0) is 49.4 Å². The maximum atomic E-state index is 12.0. The quantitative estimate of drug-likeness (QED) is 0.763. The topological polar surface area (TPSA) is 43.4 Å². The maximum Gasteiger partial charge on any atom is 0.201 e. The van der Waals surface area contributed by atoms with Gasteiger partial charge in [0.1, 0.15) is 5.75 Å². The van der Waals surface area contributed by atoms with Gasteiger partial charge in [0.15, 0.2) is 12.4 Å². The predicted octanol–water partition coefficient (Wildman–Crippen LogP) is 4.46. The highest BCUT2D eigenvalue weighted by molar-refractivity contribution is 6.36. The van der Waals surface area contributed by atoms with E-state index in [-0.39, 0.29) is 18.2 Å². The minimum absolute atomic E-state index is 0.0226. The second-order valence-corrected chi connectivity index (χ2v) is 5.26. The Hall–Kier alpha value is -1.84. The molecule has 0 fully saturated rings. The molecule has 0 atom stereocenters. The molecule has 0 aliphatic heterocycles. The van der Waals surface area contributed by atoms with Crippen molar-refractivity contribution in [3.05, 3.63) is 63.6 Å². The molecule has 0 saturated carbocycles. The van der Waals surface area contributed by atoms with Gasteiger partial charge in [0.25, 0.3) is 0 Å². The fourth-order valence-corrected chi connectivity index (χ4v) is 2.24. The summed E-state index contributed by atoms with van der Waals surface area (Å²) in [7, 11) is 0. The molecule has 0 unspecified atom stereocenters. The van der Waals surface area contributed by atoms with Crippen molar-refractivity contribution in [2.45, 2.75) is 6.92 Å². The second-order valence-electron chi connectivity index (χ2n) is 4.42. The third-order valence-corrected chi connectivity index (χ3v) is 3.41. The number of ketones is 2. The van der Waals surface area contributed by atoms with Crippen LogP contribution in [0.15, 0.2) is 42.5 Å². The molecule has 0 aliphatic carbocycles. The number of rotatable bonds is 5. The molecule has 0 spiro atoms. The summed E-state index contributed by atoms with van der Waals surface area (Å²) in [6.45, 7) is 1.35. The first-order valence-corrected chi connectivity index (χ1v) is 6.95. The van der Waals surface area contributed by atoms with E-state index in [1.807, 2.05) is 0 Å². The molecule has 21 heavy (non-hydrogen) atoms. The summed E-state index contributed by atoms with van der Waals surface area (Å²) in [4.78, 5) is 23.2. The van der Waals surface area contributed by atoms with E-state index in [2.05, 4.69) is 0 Å². The summed E-state index contributed by atoms with van der Waals surface area (Å²) in [5, 5.41) is 0.764. The van der Waals surface area contributed by atoms with E-state index in [0.717, 1.165) is 0 Å². The van der Waals surface area contributed by atoms with E-state index in [4.69, 9.17) is 27.9 Å². The second kappa shape index (κ2) is 6.74. The standard InChI is InChI=1S/C16H12Cl2O3/c1-10(19)11-2-5-13(6-3-11)21-9-16(20)14-7-4-12(17)8-15(14)18/h2-8H,9H2,1H3. The Morgan fingerprint density at radius 1 is 1.05 bits per heavy atom. The van der Waals surface area contributed by atoms with Crippen molar-refractivity contribution < 1.29 is 14.3 Å². The normalized spacial score (nSPS) is 10.2. The number of hydrogen-bond acceptors (Lipinski definition) is 3. The molecular formula is C16H12Cl2O3. The first-order chi connectivity index (χ1) is 9.97. The largest absolute Gasteiger partial charge is 0.485 e. The predicted molar refractivity (Wildman–Crippen MR) is 82.7 cm³/mol. The Morgan fingerprint density at radius 3 is 2.29 bits per heavy atom. The maximum absolute atomic E-state index is 12.0. The van der Waals surface area contributed by atoms with Crippen molar-refractivity contribution in [1.82, 2.24) is 0 Å². The minimum atomic E-state index is -0.243. The molecule has 0 N–H and O–H groups in total. The monoisotopic (exact) mass is 322 g/mol. The van der Waals surface area contributed by atoms with Crippen LogP contribution in [0.3, 0.4) is 0 Å². The number of hydrogen-bond donors (Lipinski definition) is 0. The Kier molecular flexibility index (Phi) is 4.99. The average Bonchev–Trinajstić information content (AvgIpc) is 2.45. The Labute approximate surface area is 132 Å². The lowest BCUT2D eigenvalue weighted by Crippen LogP contribution is -2.12. The smallest absolute Gasteiger partial charge is 0.201 e. The molecule has 2 rings (SSSR count). The van der Waals surface area contributed by atoms with Gasteiger partial charge in [-0.3, -0.25) is 9.59 Å². The summed E-state index contributed by atoms with van der Waals surface area (Å²) < 4.78 is 5.39. The van der Waals surface area contributed by atoms with Crippen LogP contribution in [-0.4, -0.2) is 18.2 Å². The zero-order valence-electron chi connectivity index (χ0n) is 11.2. The zero-order valence-corrected chi connectivity index (χ0v) is 12.7. The summed E-state index contributed by atoms with van der Waals surface area (Å²) in [5.41, 5.74) is 0.954. The minimum Gasteiger partial charge on any atom is -0.485 e. The number of halogens is 2. The Morgan fingerprint density at radius 2 is 1.71 bits per heavy atom. The molecule has 0 radical (unpaired) electrons. The first kappa shape index (κ1) is 15.5. The van der Waals surface area contributed by atoms with Gasteiger partial charge in [0.05, 0.1) is 5.02 Å². The van der Waals surface area contributed by atoms with Crippen molar-refractivity contribution in [1.29, 1.82) is 0 Å². The van der Waals surface area contributed by atoms with E-state index in [0.29, 0.717) is 26.9 Å². The molecule has 0 bridgehead atoms. The van der Waals surface area contributed by atoms with Gasteiger partial charge >= 0.3 is 0 Å². The highest BCUT2D eigenvalue weighted by Crippen LogP contribution is 2.22. The molecular weight excluding hydrogens is 311 g/mol. The van der Waals surface area contributed by atoms with Gasteiger partial charge < -0.3 is 4.74 Å². The summed E-state index contributed by atoms with van der Waals surface area (Å²) >= 11 is 11.7. The zero-order chi connectivity index (χ0) is 15.4. The third-order valence-electron chi connectivity index (χ3n) is 2.86. The molecule has 0 saturated heterocycles. The highest BCUT2D eigenvalue weighted by Gasteiger charge is 2.11. The van der Waals surface area contributed by atoms with Crippen LogP contribution in [0, 0.1) is 0 Å². The van der Waals surface area contributed by atoms with Crippen LogP contribution in [0.25, 0.3) is 0 Å². The molecule has 3 nitrogen and oxygen atoms in total. The van der Waals surface area contributed by atoms with Crippen molar-refractivity contribution in [3.63, 3.8) is 0 Å². The molecule has 0 aliphatic rings. The van der Waals surface area contributed by atoms with Gasteiger partial charge in [-0.2, -0.15) is 0 Å². The van der Waals surface area contributed by atoms with Crippen molar-refractivity contribution >= 4 is 34.8 Å². The lowest BCUT2D eigenvalue weighted by atomic mass is 10.1. The van der Waals surface area contributed by atoms with E-state index in [9.17, 15) is 9.59 Å². The summed E-state index contributed by atoms with van der Waals surface area (Å²) in [6, 6.07) is 11.3. The van der Waals surface area contributed by atoms with E-state index >= 15 is 0 Å². The summed E-state index contributed by atoms with van der Waals surface area (Å²) in [6.07, 6.45) is 0. The third kappa shape index (κ3) is 4.06. The average molecular weight is 323 g/mol. The van der Waals surface area contributed by atoms with E-state index in [1.54, 1.807) is 36.4 Å². The number of carbonyl (C=O) groups is 2. The van der Waals surface area contributed by atoms with Gasteiger partial charge in [0.2, 0.25) is 5.78 Å². The van der Waals surface area contributed by atoms with Crippen LogP contribution in [-0.2, 0) is 0 Å². The highest BCUT2D eigenvalue weighted by atomic mass is 35.5. The van der Waals surface area contributed by atoms with Crippen LogP contribution in [0.2, 0.25) is 10.0 Å². The fourth-order valence-electron chi connectivity index (χ4n) is 1.73. The van der Waals surface area contributed by atoms with Gasteiger partial charge in [-0.25, -0.2) is 0 Å². The first-order valence-electron chi connectivity index (χ1n) is 6.19. The Balaban J connectivity index is 2.02. The molecule has 2 aromatic rings. The molecule has 0 heterocycles. The Bertz CT molecular complexity index is 678. The van der Waals surface area contributed by atoms with Gasteiger partial charge in [-0.1, -0.05) is 23.2 Å². The van der Waals surface area contributed by atoms with Crippen LogP contribution in [0.5, 0.6) is 5.75 Å². The lowest BCUT2D eigenvalue weighted by Gasteiger charge is -2.07. The number of carbonyl (C=O) groups excluding carboxylic acids is 2. The van der Waals surface area contributed by atoms with Crippen LogP contribution < -0.4 is 4.74 Å². The van der Waals surface area contributed by atoms with Crippen LogP contribution in [0.1, 0.15) is 27.6 Å². The summed E-state index contributed by atoms with van der Waals surface area (Å²) in [5.74, 6) is 0.247. The molecule has 0 aromatic heterocycles. The number of Topliss-reactive ketones (excluding diaryl/α,β-unsaturated/α-hetero) is 2. The molecule has 5 heteroatoms. The van der Waals surface area contributed by atoms with Crippen LogP contribution >= 0.6 is 23.2 Å². The van der Waals surface area contributed by atoms with Crippen molar-refractivity contribution in [3.8, 4) is 5.75 Å². The lowest BCUT2D eigenvalue weighted by molar-refractivity contribution is 0.0920. The SMILES string of the molecule is CC(=O)c1ccc(OCC(=O)c2ccc(Cl)cc2Cl)cc1. The molecule has 2 aromatic carbocycles. The fraction of sp³-hybridized carbons (Fsp3) is 0.125. The molecule has 0 amide bonds. The van der Waals surface area contributed by atoms with Crippen molar-refractivity contribution in [2.24, 2.45) is 0 Å². The van der Waals surface area contributed by atoms with Gasteiger partial charge in [0, 0.05) is 16.1 Å². The van der Waals surface area contributed by atoms with Crippen LogP contribution in [0.4, 0.5) is 0 Å². The van der Waals surface area contributed by atoms with Gasteiger partial charge in [-0.15, -0.1) is 0 Å². The number of ether oxygens (including phenoxy) is 1. The molecule has 108 valence electrons. The number of benzene rings is 2. The van der Waals surface area contributed by atoms with E-state index in [1.165, 1.54) is 13.0 Å².